The van der Waals surface area contributed by atoms with Gasteiger partial charge < -0.3 is 9.55 Å². The normalized spacial score (nSPS) is 13.2. The quantitative estimate of drug-likeness (QED) is 0.177. The maximum atomic E-state index is 3.59. The first kappa shape index (κ1) is 46.3. The second kappa shape index (κ2) is 19.1. The van der Waals surface area contributed by atoms with Crippen molar-refractivity contribution in [2.24, 2.45) is 0 Å². The molecule has 0 radical (unpaired) electrons. The van der Waals surface area contributed by atoms with Crippen molar-refractivity contribution in [1.82, 2.24) is 9.55 Å². The molecule has 2 aliphatic carbocycles. The van der Waals surface area contributed by atoms with E-state index in [4.69, 9.17) is 0 Å². The molecule has 2 heterocycles. The number of H-pyrrole nitrogens is 1. The zero-order valence-corrected chi connectivity index (χ0v) is 43.8. The number of hydrogen-bond acceptors (Lipinski definition) is 0. The van der Waals surface area contributed by atoms with Gasteiger partial charge in [0.15, 0.2) is 0 Å². The molecule has 3 heteroatoms. The molecule has 12 aromatic carbocycles. The minimum atomic E-state index is -0.367. The number of benzene rings is 12. The third-order valence-electron chi connectivity index (χ3n) is 16.1. The number of nitrogens with one attached hydrogen (secondary N) is 1. The van der Waals surface area contributed by atoms with Crippen LogP contribution in [0, 0.1) is 0 Å². The van der Waals surface area contributed by atoms with Crippen molar-refractivity contribution >= 4 is 59.5 Å². The van der Waals surface area contributed by atoms with Crippen LogP contribution in [0.4, 0.5) is 0 Å². The smallest absolute Gasteiger partial charge is 0.0713 e. The fourth-order valence-corrected chi connectivity index (χ4v) is 13.2. The van der Waals surface area contributed by atoms with Crippen molar-refractivity contribution in [3.05, 3.63) is 352 Å². The van der Waals surface area contributed by atoms with Gasteiger partial charge in [0, 0.05) is 42.7 Å². The summed E-state index contributed by atoms with van der Waals surface area (Å²) in [6, 6.07) is 109. The maximum absolute atomic E-state index is 3.59. The molecule has 0 atom stereocenters. The largest absolute Gasteiger partial charge is 0.355 e. The molecule has 77 heavy (non-hydrogen) atoms. The zero-order chi connectivity index (χ0) is 51.3. The lowest BCUT2D eigenvalue weighted by Gasteiger charge is -2.34. The van der Waals surface area contributed by atoms with Crippen LogP contribution in [-0.4, -0.2) is 9.55 Å². The average Bonchev–Trinajstić information content (AvgIpc) is 4.41. The summed E-state index contributed by atoms with van der Waals surface area (Å²) >= 11 is 3.59. The summed E-state index contributed by atoms with van der Waals surface area (Å²) in [6.45, 7) is 0. The molecule has 0 saturated heterocycles. The number of para-hydroxylation sites is 4. The molecule has 0 amide bonds. The first-order chi connectivity index (χ1) is 38.1. The molecule has 0 spiro atoms. The molecule has 0 fully saturated rings. The Labute approximate surface area is 457 Å². The van der Waals surface area contributed by atoms with E-state index in [0.717, 1.165) is 4.47 Å². The third-order valence-corrected chi connectivity index (χ3v) is 16.7. The standard InChI is InChI=1S/C37H25N.C25H17Br.C12H9N/c1-2-12-26(13-3-1)37(33-18-8-4-14-29(33)30-15-5-9-19-34(30)37)27-22-24-28(25-23-27)38-35-20-10-6-16-31(35)32-17-7-11-21-36(32)38;26-20-16-14-19(15-17-20)25(18-8-2-1-3-9-18)23-12-6-4-10-21(23)22-11-5-7-13-24(22)25;1-3-7-11-9(5-1)10-6-2-4-8-12(10)13-11/h1-25H;1-17H;1-8,13H. The topological polar surface area (TPSA) is 20.7 Å². The summed E-state index contributed by atoms with van der Waals surface area (Å²) in [5, 5.41) is 5.18. The van der Waals surface area contributed by atoms with E-state index in [1.54, 1.807) is 0 Å². The average molecular weight is 1050 g/mol. The summed E-state index contributed by atoms with van der Waals surface area (Å²) < 4.78 is 3.49. The second-order valence-electron chi connectivity index (χ2n) is 20.1. The van der Waals surface area contributed by atoms with E-state index in [-0.39, 0.29) is 10.8 Å². The lowest BCUT2D eigenvalue weighted by atomic mass is 9.68. The molecule has 1 N–H and O–H groups in total. The van der Waals surface area contributed by atoms with Crippen molar-refractivity contribution in [2.75, 3.05) is 0 Å². The molecule has 0 bridgehead atoms. The van der Waals surface area contributed by atoms with Gasteiger partial charge in [0.05, 0.1) is 21.9 Å². The Kier molecular flexibility index (Phi) is 11.5. The Morgan fingerprint density at radius 1 is 0.260 bits per heavy atom. The second-order valence-corrected chi connectivity index (χ2v) is 21.0. The molecule has 2 aromatic heterocycles. The fraction of sp³-hybridized carbons (Fsp3) is 0.0270. The number of fused-ring (bicyclic) bond motifs is 12. The number of aromatic nitrogens is 2. The molecule has 0 unspecified atom stereocenters. The van der Waals surface area contributed by atoms with Crippen LogP contribution in [0.5, 0.6) is 0 Å². The van der Waals surface area contributed by atoms with Gasteiger partial charge in [-0.05, 0) is 115 Å². The number of halogens is 1. The first-order valence-electron chi connectivity index (χ1n) is 26.4. The van der Waals surface area contributed by atoms with E-state index in [1.807, 2.05) is 0 Å². The van der Waals surface area contributed by atoms with Gasteiger partial charge in [-0.15, -0.1) is 0 Å². The lowest BCUT2D eigenvalue weighted by Crippen LogP contribution is -2.28. The highest BCUT2D eigenvalue weighted by Gasteiger charge is 2.47. The van der Waals surface area contributed by atoms with Gasteiger partial charge in [0.25, 0.3) is 0 Å². The van der Waals surface area contributed by atoms with Crippen LogP contribution >= 0.6 is 15.9 Å². The van der Waals surface area contributed by atoms with Crippen LogP contribution in [0.15, 0.2) is 308 Å². The van der Waals surface area contributed by atoms with E-state index >= 15 is 0 Å². The number of rotatable bonds is 5. The lowest BCUT2D eigenvalue weighted by molar-refractivity contribution is 0.768. The van der Waals surface area contributed by atoms with Crippen LogP contribution < -0.4 is 0 Å². The molecular weight excluding hydrogens is 997 g/mol. The summed E-state index contributed by atoms with van der Waals surface area (Å²) in [5.41, 5.74) is 21.3. The highest BCUT2D eigenvalue weighted by molar-refractivity contribution is 9.10. The monoisotopic (exact) mass is 1050 g/mol. The van der Waals surface area contributed by atoms with Crippen molar-refractivity contribution in [2.45, 2.75) is 10.8 Å². The van der Waals surface area contributed by atoms with Crippen LogP contribution in [0.1, 0.15) is 44.5 Å². The highest BCUT2D eigenvalue weighted by atomic mass is 79.9. The zero-order valence-electron chi connectivity index (χ0n) is 42.2. The Morgan fingerprint density at radius 3 is 0.961 bits per heavy atom. The van der Waals surface area contributed by atoms with Crippen molar-refractivity contribution in [3.8, 4) is 27.9 Å². The van der Waals surface area contributed by atoms with Crippen molar-refractivity contribution in [1.29, 1.82) is 0 Å². The predicted octanol–water partition coefficient (Wildman–Crippen LogP) is 19.3. The number of aromatic amines is 1. The van der Waals surface area contributed by atoms with E-state index < -0.39 is 0 Å². The van der Waals surface area contributed by atoms with Gasteiger partial charge in [-0.25, -0.2) is 0 Å². The van der Waals surface area contributed by atoms with Crippen molar-refractivity contribution in [3.63, 3.8) is 0 Å². The summed E-state index contributed by atoms with van der Waals surface area (Å²) in [6.07, 6.45) is 0. The van der Waals surface area contributed by atoms with Gasteiger partial charge in [-0.1, -0.05) is 271 Å². The highest BCUT2D eigenvalue weighted by Crippen LogP contribution is 2.57. The van der Waals surface area contributed by atoms with E-state index in [0.29, 0.717) is 0 Å². The van der Waals surface area contributed by atoms with Crippen LogP contribution in [0.3, 0.4) is 0 Å². The fourth-order valence-electron chi connectivity index (χ4n) is 13.0. The van der Waals surface area contributed by atoms with E-state index in [1.165, 1.54) is 116 Å². The molecular formula is C74H51BrN2. The Morgan fingerprint density at radius 2 is 0.558 bits per heavy atom. The van der Waals surface area contributed by atoms with Gasteiger partial charge in [0.1, 0.15) is 0 Å². The summed E-state index contributed by atoms with van der Waals surface area (Å²) in [5.74, 6) is 0. The molecule has 0 saturated carbocycles. The van der Waals surface area contributed by atoms with Gasteiger partial charge in [0.2, 0.25) is 0 Å². The number of nitrogens with zero attached hydrogens (tertiary/aromatic N) is 1. The molecule has 14 aromatic rings. The Hall–Kier alpha value is -9.28. The minimum Gasteiger partial charge on any atom is -0.355 e. The summed E-state index contributed by atoms with van der Waals surface area (Å²) in [4.78, 5) is 3.38. The van der Waals surface area contributed by atoms with Crippen LogP contribution in [-0.2, 0) is 10.8 Å². The van der Waals surface area contributed by atoms with Gasteiger partial charge >= 0.3 is 0 Å². The van der Waals surface area contributed by atoms with Gasteiger partial charge in [-0.2, -0.15) is 0 Å². The minimum absolute atomic E-state index is 0.283. The summed E-state index contributed by atoms with van der Waals surface area (Å²) in [7, 11) is 0. The first-order valence-corrected chi connectivity index (χ1v) is 27.2. The molecule has 2 nitrogen and oxygen atoms in total. The van der Waals surface area contributed by atoms with Crippen molar-refractivity contribution < 1.29 is 0 Å². The van der Waals surface area contributed by atoms with Crippen LogP contribution in [0.2, 0.25) is 0 Å². The molecule has 0 aliphatic heterocycles. The molecule has 2 aliphatic rings. The van der Waals surface area contributed by atoms with E-state index in [9.17, 15) is 0 Å². The molecule has 16 rings (SSSR count). The Bertz CT molecular complexity index is 4260. The van der Waals surface area contributed by atoms with Crippen LogP contribution in [0.25, 0.3) is 71.6 Å². The third kappa shape index (κ3) is 7.37. The molecule has 364 valence electrons. The van der Waals surface area contributed by atoms with E-state index in [2.05, 4.69) is 329 Å². The number of hydrogen-bond donors (Lipinski definition) is 1. The predicted molar refractivity (Wildman–Crippen MR) is 325 cm³/mol. The maximum Gasteiger partial charge on any atom is 0.0713 e. The SMILES string of the molecule is Brc1ccc(C2(c3ccccc3)c3ccccc3-c3ccccc32)cc1.c1ccc(C2(c3ccc(-n4c5ccccc5c5ccccc54)cc3)c3ccccc3-c3ccccc32)cc1.c1ccc2c(c1)[nH]c1ccccc12. The van der Waals surface area contributed by atoms with Gasteiger partial charge in [-0.3, -0.25) is 0 Å². The Balaban J connectivity index is 0.000000119.